The second-order valence-electron chi connectivity index (χ2n) is 5.78. The van der Waals surface area contributed by atoms with Gasteiger partial charge < -0.3 is 5.32 Å². The van der Waals surface area contributed by atoms with E-state index >= 15 is 0 Å². The average Bonchev–Trinajstić information content (AvgIpc) is 2.81. The molecule has 2 atom stereocenters. The molecule has 1 fully saturated rings. The molecule has 0 aromatic rings. The van der Waals surface area contributed by atoms with Gasteiger partial charge in [-0.15, -0.1) is 0 Å². The molecule has 0 saturated heterocycles. The van der Waals surface area contributed by atoms with Crippen LogP contribution in [0.15, 0.2) is 12.2 Å². The Hall–Kier alpha value is -0.300. The summed E-state index contributed by atoms with van der Waals surface area (Å²) in [7, 11) is 0. The third kappa shape index (κ3) is 3.93. The zero-order valence-electron chi connectivity index (χ0n) is 10.8. The van der Waals surface area contributed by atoms with E-state index in [0.29, 0.717) is 0 Å². The summed E-state index contributed by atoms with van der Waals surface area (Å²) in [5.41, 5.74) is 0. The minimum atomic E-state index is 0.720. The Bertz CT molecular complexity index is 215. The van der Waals surface area contributed by atoms with Gasteiger partial charge in [0.25, 0.3) is 0 Å². The minimum absolute atomic E-state index is 0.720. The van der Waals surface area contributed by atoms with Gasteiger partial charge in [-0.25, -0.2) is 0 Å². The van der Waals surface area contributed by atoms with Gasteiger partial charge in [0.05, 0.1) is 0 Å². The predicted octanol–water partition coefficient (Wildman–Crippen LogP) is 4.04. The summed E-state index contributed by atoms with van der Waals surface area (Å²) in [6.07, 6.45) is 17.3. The van der Waals surface area contributed by atoms with E-state index in [4.69, 9.17) is 0 Å². The molecule has 1 N–H and O–H groups in total. The quantitative estimate of drug-likeness (QED) is 0.691. The molecule has 0 spiro atoms. The first-order chi connectivity index (χ1) is 7.84. The molecule has 2 aliphatic rings. The molecule has 0 aromatic carbocycles. The van der Waals surface area contributed by atoms with Gasteiger partial charge in [0.1, 0.15) is 0 Å². The Morgan fingerprint density at radius 3 is 2.69 bits per heavy atom. The van der Waals surface area contributed by atoms with E-state index < -0.39 is 0 Å². The zero-order valence-corrected chi connectivity index (χ0v) is 10.8. The first kappa shape index (κ1) is 12.2. The van der Waals surface area contributed by atoms with Crippen LogP contribution in [0.5, 0.6) is 0 Å². The summed E-state index contributed by atoms with van der Waals surface area (Å²) in [6.45, 7) is 2.37. The van der Waals surface area contributed by atoms with Crippen LogP contribution in [-0.2, 0) is 0 Å². The van der Waals surface area contributed by atoms with Gasteiger partial charge in [-0.05, 0) is 44.9 Å². The lowest BCUT2D eigenvalue weighted by atomic mass is 9.97. The Morgan fingerprint density at radius 2 is 2.00 bits per heavy atom. The minimum Gasteiger partial charge on any atom is -0.311 e. The van der Waals surface area contributed by atoms with E-state index in [1.54, 1.807) is 0 Å². The molecule has 1 heteroatoms. The molecule has 0 radical (unpaired) electrons. The maximum atomic E-state index is 3.79. The number of hydrogen-bond donors (Lipinski definition) is 1. The summed E-state index contributed by atoms with van der Waals surface area (Å²) in [5.74, 6) is 1.05. The van der Waals surface area contributed by atoms with Crippen LogP contribution in [0, 0.1) is 5.92 Å². The van der Waals surface area contributed by atoms with Gasteiger partial charge in [0, 0.05) is 12.1 Å². The van der Waals surface area contributed by atoms with Gasteiger partial charge >= 0.3 is 0 Å². The van der Waals surface area contributed by atoms with Crippen molar-refractivity contribution in [2.24, 2.45) is 5.92 Å². The molecule has 1 saturated carbocycles. The van der Waals surface area contributed by atoms with Crippen LogP contribution in [0.1, 0.15) is 64.7 Å². The Morgan fingerprint density at radius 1 is 1.19 bits per heavy atom. The molecule has 92 valence electrons. The summed E-state index contributed by atoms with van der Waals surface area (Å²) < 4.78 is 0. The van der Waals surface area contributed by atoms with E-state index in [-0.39, 0.29) is 0 Å². The van der Waals surface area contributed by atoms with E-state index in [1.165, 1.54) is 57.8 Å². The van der Waals surface area contributed by atoms with Crippen molar-refractivity contribution in [3.63, 3.8) is 0 Å². The molecule has 16 heavy (non-hydrogen) atoms. The van der Waals surface area contributed by atoms with Crippen molar-refractivity contribution in [2.45, 2.75) is 76.8 Å². The number of nitrogens with one attached hydrogen (secondary N) is 1. The second-order valence-corrected chi connectivity index (χ2v) is 5.78. The molecular weight excluding hydrogens is 194 g/mol. The van der Waals surface area contributed by atoms with Crippen molar-refractivity contribution in [3.05, 3.63) is 12.2 Å². The number of rotatable bonds is 5. The maximum Gasteiger partial charge on any atom is 0.0107 e. The summed E-state index contributed by atoms with van der Waals surface area (Å²) in [5, 5.41) is 3.79. The van der Waals surface area contributed by atoms with Crippen LogP contribution in [0.3, 0.4) is 0 Å². The highest BCUT2D eigenvalue weighted by atomic mass is 14.9. The largest absolute Gasteiger partial charge is 0.311 e. The highest BCUT2D eigenvalue weighted by molar-refractivity contribution is 4.93. The van der Waals surface area contributed by atoms with E-state index in [1.807, 2.05) is 0 Å². The normalized spacial score (nSPS) is 28.4. The summed E-state index contributed by atoms with van der Waals surface area (Å²) in [6, 6.07) is 1.47. The maximum absolute atomic E-state index is 3.79. The van der Waals surface area contributed by atoms with Gasteiger partial charge in [-0.2, -0.15) is 0 Å². The van der Waals surface area contributed by atoms with Crippen molar-refractivity contribution in [1.82, 2.24) is 5.32 Å². The molecule has 0 bridgehead atoms. The van der Waals surface area contributed by atoms with Crippen LogP contribution >= 0.6 is 0 Å². The van der Waals surface area contributed by atoms with Crippen LogP contribution in [0.4, 0.5) is 0 Å². The molecular formula is C15H27N. The van der Waals surface area contributed by atoms with Crippen molar-refractivity contribution in [2.75, 3.05) is 0 Å². The third-order valence-corrected chi connectivity index (χ3v) is 4.27. The predicted molar refractivity (Wildman–Crippen MR) is 70.6 cm³/mol. The average molecular weight is 221 g/mol. The molecule has 2 unspecified atom stereocenters. The van der Waals surface area contributed by atoms with Gasteiger partial charge in [0.15, 0.2) is 0 Å². The van der Waals surface area contributed by atoms with Gasteiger partial charge in [-0.3, -0.25) is 0 Å². The molecule has 0 aliphatic heterocycles. The Balaban J connectivity index is 1.59. The first-order valence-corrected chi connectivity index (χ1v) is 7.25. The van der Waals surface area contributed by atoms with Gasteiger partial charge in [0.2, 0.25) is 0 Å². The number of allylic oxidation sites excluding steroid dienone is 1. The van der Waals surface area contributed by atoms with E-state index in [2.05, 4.69) is 24.4 Å². The second kappa shape index (κ2) is 6.44. The fourth-order valence-electron chi connectivity index (χ4n) is 3.22. The lowest BCUT2D eigenvalue weighted by Gasteiger charge is -2.24. The molecule has 0 aromatic heterocycles. The monoisotopic (exact) mass is 221 g/mol. The van der Waals surface area contributed by atoms with Crippen molar-refractivity contribution < 1.29 is 0 Å². The van der Waals surface area contributed by atoms with Gasteiger partial charge in [-0.1, -0.05) is 37.8 Å². The third-order valence-electron chi connectivity index (χ3n) is 4.27. The molecule has 0 amide bonds. The molecule has 1 nitrogen and oxygen atoms in total. The lowest BCUT2D eigenvalue weighted by Crippen LogP contribution is -2.37. The fourth-order valence-corrected chi connectivity index (χ4v) is 3.22. The van der Waals surface area contributed by atoms with Crippen molar-refractivity contribution >= 4 is 0 Å². The highest BCUT2D eigenvalue weighted by Crippen LogP contribution is 2.29. The highest BCUT2D eigenvalue weighted by Gasteiger charge is 2.17. The van der Waals surface area contributed by atoms with E-state index in [0.717, 1.165) is 18.0 Å². The number of hydrogen-bond acceptors (Lipinski definition) is 1. The fraction of sp³-hybridized carbons (Fsp3) is 0.867. The van der Waals surface area contributed by atoms with Crippen LogP contribution in [0.25, 0.3) is 0 Å². The topological polar surface area (TPSA) is 12.0 Å². The standard InChI is InChI=1S/C15H27N/c1-13(11-12-14-7-5-6-8-14)16-15-9-3-2-4-10-15/h2-3,13-16H,4-12H2,1H3. The summed E-state index contributed by atoms with van der Waals surface area (Å²) >= 11 is 0. The van der Waals surface area contributed by atoms with Crippen LogP contribution < -0.4 is 5.32 Å². The molecule has 2 rings (SSSR count). The Labute approximate surface area is 101 Å². The van der Waals surface area contributed by atoms with E-state index in [9.17, 15) is 0 Å². The summed E-state index contributed by atoms with van der Waals surface area (Å²) in [4.78, 5) is 0. The first-order valence-electron chi connectivity index (χ1n) is 7.25. The SMILES string of the molecule is CC(CCC1CCCC1)NC1CC=CCC1. The smallest absolute Gasteiger partial charge is 0.0107 e. The molecule has 2 aliphatic carbocycles. The van der Waals surface area contributed by atoms with Crippen LogP contribution in [-0.4, -0.2) is 12.1 Å². The lowest BCUT2D eigenvalue weighted by molar-refractivity contribution is 0.370. The molecule has 0 heterocycles. The zero-order chi connectivity index (χ0) is 11.2. The van der Waals surface area contributed by atoms with Crippen molar-refractivity contribution in [3.8, 4) is 0 Å². The Kier molecular flexibility index (Phi) is 4.90. The van der Waals surface area contributed by atoms with Crippen molar-refractivity contribution in [1.29, 1.82) is 0 Å². The van der Waals surface area contributed by atoms with Crippen LogP contribution in [0.2, 0.25) is 0 Å².